The fraction of sp³-hybridized carbons (Fsp3) is 0.423. The Labute approximate surface area is 195 Å². The number of hydrogen-bond donors (Lipinski definition) is 0. The Morgan fingerprint density at radius 2 is 2.00 bits per heavy atom. The van der Waals surface area contributed by atoms with E-state index in [2.05, 4.69) is 27.2 Å². The van der Waals surface area contributed by atoms with Crippen LogP contribution < -0.4 is 4.74 Å². The fourth-order valence-electron chi connectivity index (χ4n) is 4.38. The van der Waals surface area contributed by atoms with Crippen molar-refractivity contribution in [3.8, 4) is 17.0 Å². The zero-order valence-electron chi connectivity index (χ0n) is 19.4. The van der Waals surface area contributed by atoms with E-state index in [1.54, 1.807) is 12.4 Å². The molecule has 33 heavy (non-hydrogen) atoms. The smallest absolute Gasteiger partial charge is 0.226 e. The summed E-state index contributed by atoms with van der Waals surface area (Å²) in [6.07, 6.45) is 5.50. The highest BCUT2D eigenvalue weighted by molar-refractivity contribution is 5.79. The summed E-state index contributed by atoms with van der Waals surface area (Å²) < 4.78 is 11.4. The molecule has 0 aliphatic carbocycles. The van der Waals surface area contributed by atoms with Gasteiger partial charge in [-0.25, -0.2) is 0 Å². The van der Waals surface area contributed by atoms with Crippen LogP contribution in [0.4, 0.5) is 0 Å². The predicted octanol–water partition coefficient (Wildman–Crippen LogP) is 4.40. The van der Waals surface area contributed by atoms with Gasteiger partial charge >= 0.3 is 0 Å². The van der Waals surface area contributed by atoms with Crippen molar-refractivity contribution in [1.82, 2.24) is 19.9 Å². The number of ether oxygens (including phenoxy) is 1. The van der Waals surface area contributed by atoms with Crippen LogP contribution in [0.3, 0.4) is 0 Å². The summed E-state index contributed by atoms with van der Waals surface area (Å²) >= 11 is 0. The van der Waals surface area contributed by atoms with Crippen molar-refractivity contribution in [2.24, 2.45) is 5.92 Å². The summed E-state index contributed by atoms with van der Waals surface area (Å²) in [4.78, 5) is 21.1. The highest BCUT2D eigenvalue weighted by Gasteiger charge is 2.28. The van der Waals surface area contributed by atoms with Crippen molar-refractivity contribution in [3.05, 3.63) is 66.2 Å². The van der Waals surface area contributed by atoms with E-state index in [4.69, 9.17) is 9.26 Å². The molecule has 3 heterocycles. The summed E-state index contributed by atoms with van der Waals surface area (Å²) in [5, 5.41) is 4.12. The SMILES string of the molecule is CCN(CC)C(=O)C1CCCN(Cc2cccc(OCc3cc(-c4ccncc4)no3)c2)C1. The zero-order chi connectivity index (χ0) is 23.0. The van der Waals surface area contributed by atoms with Crippen molar-refractivity contribution >= 4 is 5.91 Å². The lowest BCUT2D eigenvalue weighted by Gasteiger charge is -2.34. The predicted molar refractivity (Wildman–Crippen MR) is 126 cm³/mol. The van der Waals surface area contributed by atoms with Crippen LogP contribution in [0.25, 0.3) is 11.3 Å². The number of aromatic nitrogens is 2. The van der Waals surface area contributed by atoms with E-state index in [0.29, 0.717) is 18.3 Å². The lowest BCUT2D eigenvalue weighted by molar-refractivity contribution is -0.137. The highest BCUT2D eigenvalue weighted by atomic mass is 16.5. The van der Waals surface area contributed by atoms with Gasteiger partial charge < -0.3 is 14.2 Å². The molecule has 0 saturated carbocycles. The number of hydrogen-bond acceptors (Lipinski definition) is 6. The van der Waals surface area contributed by atoms with Gasteiger partial charge in [0.15, 0.2) is 5.76 Å². The number of benzene rings is 1. The Balaban J connectivity index is 1.33. The number of rotatable bonds is 9. The summed E-state index contributed by atoms with van der Waals surface area (Å²) in [5.74, 6) is 1.85. The van der Waals surface area contributed by atoms with Gasteiger partial charge in [-0.15, -0.1) is 0 Å². The third kappa shape index (κ3) is 5.99. The van der Waals surface area contributed by atoms with E-state index in [1.165, 1.54) is 5.56 Å². The minimum absolute atomic E-state index is 0.0964. The number of carbonyl (C=O) groups excluding carboxylic acids is 1. The van der Waals surface area contributed by atoms with E-state index in [0.717, 1.165) is 62.6 Å². The molecule has 2 aromatic heterocycles. The summed E-state index contributed by atoms with van der Waals surface area (Å²) in [6.45, 7) is 8.61. The van der Waals surface area contributed by atoms with Crippen molar-refractivity contribution in [2.45, 2.75) is 39.8 Å². The third-order valence-corrected chi connectivity index (χ3v) is 6.15. The second-order valence-corrected chi connectivity index (χ2v) is 8.44. The Morgan fingerprint density at radius 3 is 2.79 bits per heavy atom. The van der Waals surface area contributed by atoms with Gasteiger partial charge in [-0.1, -0.05) is 17.3 Å². The lowest BCUT2D eigenvalue weighted by atomic mass is 9.96. The van der Waals surface area contributed by atoms with Crippen LogP contribution in [0.5, 0.6) is 5.75 Å². The summed E-state index contributed by atoms with van der Waals surface area (Å²) in [6, 6.07) is 13.8. The molecule has 0 N–H and O–H groups in total. The third-order valence-electron chi connectivity index (χ3n) is 6.15. The lowest BCUT2D eigenvalue weighted by Crippen LogP contribution is -2.44. The van der Waals surface area contributed by atoms with Gasteiger partial charge in [0.2, 0.25) is 5.91 Å². The molecule has 3 aromatic rings. The van der Waals surface area contributed by atoms with Crippen LogP contribution in [0, 0.1) is 5.92 Å². The van der Waals surface area contributed by atoms with Crippen molar-refractivity contribution in [3.63, 3.8) is 0 Å². The van der Waals surface area contributed by atoms with E-state index in [1.807, 2.05) is 49.1 Å². The van der Waals surface area contributed by atoms with Gasteiger partial charge in [-0.05, 0) is 63.1 Å². The summed E-state index contributed by atoms with van der Waals surface area (Å²) in [5.41, 5.74) is 2.91. The number of piperidine rings is 1. The first-order chi connectivity index (χ1) is 16.2. The molecule has 1 aromatic carbocycles. The van der Waals surface area contributed by atoms with Crippen LogP contribution in [0.2, 0.25) is 0 Å². The molecule has 1 unspecified atom stereocenters. The van der Waals surface area contributed by atoms with Crippen LogP contribution in [-0.2, 0) is 17.9 Å². The largest absolute Gasteiger partial charge is 0.486 e. The molecule has 1 saturated heterocycles. The first-order valence-electron chi connectivity index (χ1n) is 11.7. The number of likely N-dealkylation sites (tertiary alicyclic amines) is 1. The first-order valence-corrected chi connectivity index (χ1v) is 11.7. The van der Waals surface area contributed by atoms with Gasteiger partial charge in [-0.3, -0.25) is 14.7 Å². The molecule has 1 aliphatic heterocycles. The average molecular weight is 449 g/mol. The quantitative estimate of drug-likeness (QED) is 0.483. The molecule has 7 heteroatoms. The maximum absolute atomic E-state index is 12.8. The average Bonchev–Trinajstić information content (AvgIpc) is 3.34. The maximum Gasteiger partial charge on any atom is 0.226 e. The zero-order valence-corrected chi connectivity index (χ0v) is 19.4. The second kappa shape index (κ2) is 11.1. The highest BCUT2D eigenvalue weighted by Crippen LogP contribution is 2.23. The minimum atomic E-state index is 0.0964. The Morgan fingerprint density at radius 1 is 1.18 bits per heavy atom. The molecular formula is C26H32N4O3. The monoisotopic (exact) mass is 448 g/mol. The molecule has 1 atom stereocenters. The van der Waals surface area contributed by atoms with Gasteiger partial charge in [0.25, 0.3) is 0 Å². The molecule has 0 radical (unpaired) electrons. The molecule has 174 valence electrons. The fourth-order valence-corrected chi connectivity index (χ4v) is 4.38. The van der Waals surface area contributed by atoms with E-state index in [-0.39, 0.29) is 5.92 Å². The summed E-state index contributed by atoms with van der Waals surface area (Å²) in [7, 11) is 0. The molecule has 1 fully saturated rings. The Kier molecular flexibility index (Phi) is 7.73. The normalized spacial score (nSPS) is 16.5. The van der Waals surface area contributed by atoms with Gasteiger partial charge in [0, 0.05) is 50.2 Å². The number of carbonyl (C=O) groups is 1. The topological polar surface area (TPSA) is 71.7 Å². The number of amides is 1. The van der Waals surface area contributed by atoms with E-state index < -0.39 is 0 Å². The standard InChI is InChI=1S/C26H32N4O3/c1-3-30(4-2)26(31)22-8-6-14-29(18-22)17-20-7-5-9-23(15-20)32-19-24-16-25(28-33-24)21-10-12-27-13-11-21/h5,7,9-13,15-16,22H,3-4,6,8,14,17-19H2,1-2H3. The van der Waals surface area contributed by atoms with Crippen molar-refractivity contribution < 1.29 is 14.1 Å². The van der Waals surface area contributed by atoms with Gasteiger partial charge in [0.05, 0.1) is 5.92 Å². The molecule has 1 amide bonds. The molecule has 0 bridgehead atoms. The molecule has 7 nitrogen and oxygen atoms in total. The first kappa shape index (κ1) is 23.0. The Bertz CT molecular complexity index is 1030. The molecular weight excluding hydrogens is 416 g/mol. The number of nitrogens with zero attached hydrogens (tertiary/aromatic N) is 4. The van der Waals surface area contributed by atoms with Crippen LogP contribution >= 0.6 is 0 Å². The maximum atomic E-state index is 12.8. The second-order valence-electron chi connectivity index (χ2n) is 8.44. The van der Waals surface area contributed by atoms with Gasteiger partial charge in [-0.2, -0.15) is 0 Å². The van der Waals surface area contributed by atoms with Crippen LogP contribution in [0.1, 0.15) is 38.0 Å². The van der Waals surface area contributed by atoms with E-state index in [9.17, 15) is 4.79 Å². The van der Waals surface area contributed by atoms with Crippen molar-refractivity contribution in [2.75, 3.05) is 26.2 Å². The molecule has 1 aliphatic rings. The van der Waals surface area contributed by atoms with Crippen molar-refractivity contribution in [1.29, 1.82) is 0 Å². The number of pyridine rings is 1. The molecule has 4 rings (SSSR count). The van der Waals surface area contributed by atoms with Crippen LogP contribution in [0.15, 0.2) is 59.4 Å². The van der Waals surface area contributed by atoms with Crippen LogP contribution in [-0.4, -0.2) is 52.0 Å². The minimum Gasteiger partial charge on any atom is -0.486 e. The molecule has 0 spiro atoms. The van der Waals surface area contributed by atoms with Gasteiger partial charge in [0.1, 0.15) is 18.1 Å². The van der Waals surface area contributed by atoms with E-state index >= 15 is 0 Å². The Hall–Kier alpha value is -3.19.